The Bertz CT molecular complexity index is 781. The minimum Gasteiger partial charge on any atom is -0.487 e. The number of benzene rings is 1. The Labute approximate surface area is 201 Å². The zero-order chi connectivity index (χ0) is 23.8. The number of ether oxygens (including phenoxy) is 2. The summed E-state index contributed by atoms with van der Waals surface area (Å²) in [5, 5.41) is 0.459. The Morgan fingerprint density at radius 3 is 2.39 bits per heavy atom. The molecule has 0 bridgehead atoms. The van der Waals surface area contributed by atoms with Crippen molar-refractivity contribution in [3.63, 3.8) is 0 Å². The van der Waals surface area contributed by atoms with Gasteiger partial charge in [0.15, 0.2) is 8.32 Å². The molecule has 1 N–H and O–H groups in total. The highest BCUT2D eigenvalue weighted by Gasteiger charge is 2.42. The van der Waals surface area contributed by atoms with Crippen LogP contribution in [0, 0.1) is 12.8 Å². The van der Waals surface area contributed by atoms with Crippen LogP contribution in [0.2, 0.25) is 23.2 Å². The van der Waals surface area contributed by atoms with Crippen LogP contribution in [0.3, 0.4) is 0 Å². The molecule has 0 aliphatic carbocycles. The lowest BCUT2D eigenvalue weighted by molar-refractivity contribution is -0.00448. The van der Waals surface area contributed by atoms with E-state index in [0.29, 0.717) is 18.1 Å². The Morgan fingerprint density at radius 2 is 1.87 bits per heavy atom. The van der Waals surface area contributed by atoms with Crippen molar-refractivity contribution >= 4 is 41.9 Å². The van der Waals surface area contributed by atoms with Gasteiger partial charge < -0.3 is 19.2 Å². The third-order valence-electron chi connectivity index (χ3n) is 6.08. The van der Waals surface area contributed by atoms with E-state index in [9.17, 15) is 9.59 Å². The first kappa shape index (κ1) is 26.5. The smallest absolute Gasteiger partial charge is 0.410 e. The molecule has 1 heterocycles. The van der Waals surface area contributed by atoms with Crippen LogP contribution in [0.25, 0.3) is 0 Å². The number of nitrogens with zero attached hydrogens (tertiary/aromatic N) is 1. The maximum atomic E-state index is 12.9. The van der Waals surface area contributed by atoms with Crippen molar-refractivity contribution in [3.05, 3.63) is 27.2 Å². The number of likely N-dealkylation sites (tertiary alicyclic amines) is 1. The summed E-state index contributed by atoms with van der Waals surface area (Å²) in [6.45, 7) is 16.8. The zero-order valence-corrected chi connectivity index (χ0v) is 23.4. The third kappa shape index (κ3) is 7.37. The van der Waals surface area contributed by atoms with Gasteiger partial charge in [-0.05, 0) is 98.2 Å². The summed E-state index contributed by atoms with van der Waals surface area (Å²) in [6.07, 6.45) is 1.13. The van der Waals surface area contributed by atoms with Gasteiger partial charge in [-0.1, -0.05) is 25.4 Å². The first-order valence-corrected chi connectivity index (χ1v) is 14.9. The predicted octanol–water partition coefficient (Wildman–Crippen LogP) is 6.78. The summed E-state index contributed by atoms with van der Waals surface area (Å²) in [4.78, 5) is 25.4. The number of halogens is 2. The molecule has 0 saturated carbocycles. The van der Waals surface area contributed by atoms with Crippen LogP contribution in [0.1, 0.15) is 53.0 Å². The highest BCUT2D eigenvalue weighted by Crippen LogP contribution is 2.44. The van der Waals surface area contributed by atoms with E-state index in [-0.39, 0.29) is 23.2 Å². The molecule has 0 unspecified atom stereocenters. The Balaban J connectivity index is 2.27. The van der Waals surface area contributed by atoms with Crippen molar-refractivity contribution in [2.75, 3.05) is 13.1 Å². The van der Waals surface area contributed by atoms with E-state index in [1.807, 2.05) is 52.9 Å². The first-order chi connectivity index (χ1) is 14.0. The molecule has 0 spiro atoms. The molecule has 1 aromatic rings. The first-order valence-electron chi connectivity index (χ1n) is 10.8. The minimum absolute atomic E-state index is 0.179. The van der Waals surface area contributed by atoms with Crippen LogP contribution in [0.5, 0.6) is 5.75 Å². The molecule has 0 aromatic heterocycles. The van der Waals surface area contributed by atoms with Gasteiger partial charge >= 0.3 is 6.09 Å². The lowest BCUT2D eigenvalue weighted by atomic mass is 9.88. The van der Waals surface area contributed by atoms with Gasteiger partial charge in [0.1, 0.15) is 17.5 Å². The van der Waals surface area contributed by atoms with Gasteiger partial charge in [-0.2, -0.15) is 0 Å². The van der Waals surface area contributed by atoms with Gasteiger partial charge in [0.2, 0.25) is 0 Å². The van der Waals surface area contributed by atoms with Crippen LogP contribution in [-0.4, -0.2) is 48.9 Å². The molecule has 1 amide bonds. The molecule has 176 valence electrons. The maximum absolute atomic E-state index is 12.9. The average molecular weight is 535 g/mol. The molecule has 5 nitrogen and oxygen atoms in total. The molecule has 1 saturated heterocycles. The summed E-state index contributed by atoms with van der Waals surface area (Å²) in [7, 11) is -2.37. The molecule has 31 heavy (non-hydrogen) atoms. The largest absolute Gasteiger partial charge is 0.487 e. The summed E-state index contributed by atoms with van der Waals surface area (Å²) in [5.74, 6) is 0.946. The lowest BCUT2D eigenvalue weighted by Gasteiger charge is -2.43. The molecule has 0 radical (unpaired) electrons. The third-order valence-corrected chi connectivity index (χ3v) is 10.4. The predicted molar refractivity (Wildman–Crippen MR) is 133 cm³/mol. The lowest BCUT2D eigenvalue weighted by Crippen LogP contribution is -2.51. The van der Waals surface area contributed by atoms with E-state index in [2.05, 4.69) is 29.8 Å². The van der Waals surface area contributed by atoms with Crippen LogP contribution < -0.4 is 4.74 Å². The minimum atomic E-state index is -2.37. The van der Waals surface area contributed by atoms with E-state index < -0.39 is 13.9 Å². The van der Waals surface area contributed by atoms with Gasteiger partial charge in [0.25, 0.3) is 0 Å². The molecule has 1 fully saturated rings. The number of amides is 1. The van der Waals surface area contributed by atoms with Gasteiger partial charge in [0, 0.05) is 11.6 Å². The van der Waals surface area contributed by atoms with Crippen LogP contribution in [-0.2, 0) is 4.74 Å². The standard InChI is InChI=1S/C23H37BrClNO4Si/c1-15-9-17(25)11-19(24)20(15)29-18-10-16(12-23(5,6)31(7,8)28)13-26(14-18)21(27)30-22(2,3)4/h9,11,16,18,28H,10,12-14H2,1-8H3/t16-,18-/m0/s1. The quantitative estimate of drug-likeness (QED) is 0.423. The summed E-state index contributed by atoms with van der Waals surface area (Å²) >= 11 is 9.71. The molecule has 1 aliphatic rings. The van der Waals surface area contributed by atoms with Crippen molar-refractivity contribution in [1.29, 1.82) is 0 Å². The number of carbonyl (C=O) groups is 1. The molecule has 1 aromatic carbocycles. The molecule has 2 rings (SSSR count). The van der Waals surface area contributed by atoms with E-state index >= 15 is 0 Å². The molecule has 2 atom stereocenters. The van der Waals surface area contributed by atoms with Crippen molar-refractivity contribution in [1.82, 2.24) is 4.90 Å². The summed E-state index contributed by atoms with van der Waals surface area (Å²) < 4.78 is 12.9. The topological polar surface area (TPSA) is 59.0 Å². The SMILES string of the molecule is Cc1cc(Cl)cc(Br)c1O[C@H]1C[C@@H](CC(C)(C)[Si](C)(C)O)CN(C(=O)OC(C)(C)C)C1. The van der Waals surface area contributed by atoms with Crippen molar-refractivity contribution < 1.29 is 19.1 Å². The van der Waals surface area contributed by atoms with Gasteiger partial charge in [-0.25, -0.2) is 4.79 Å². The Hall–Kier alpha value is -0.763. The van der Waals surface area contributed by atoms with Gasteiger partial charge in [-0.3, -0.25) is 0 Å². The zero-order valence-electron chi connectivity index (χ0n) is 20.0. The Kier molecular flexibility index (Phi) is 8.22. The maximum Gasteiger partial charge on any atom is 0.410 e. The normalized spacial score (nSPS) is 20.5. The summed E-state index contributed by atoms with van der Waals surface area (Å²) in [6, 6.07) is 3.69. The highest BCUT2D eigenvalue weighted by atomic mass is 79.9. The van der Waals surface area contributed by atoms with Crippen molar-refractivity contribution in [2.45, 2.75) is 84.2 Å². The number of hydrogen-bond acceptors (Lipinski definition) is 4. The van der Waals surface area contributed by atoms with E-state index in [1.165, 1.54) is 0 Å². The number of hydrogen-bond donors (Lipinski definition) is 1. The fourth-order valence-electron chi connectivity index (χ4n) is 3.84. The molecular weight excluding hydrogens is 498 g/mol. The second-order valence-corrected chi connectivity index (χ2v) is 16.7. The second kappa shape index (κ2) is 9.62. The number of piperidine rings is 1. The molecule has 1 aliphatic heterocycles. The Morgan fingerprint density at radius 1 is 1.26 bits per heavy atom. The summed E-state index contributed by atoms with van der Waals surface area (Å²) in [5.41, 5.74) is 0.379. The van der Waals surface area contributed by atoms with Gasteiger partial charge in [-0.15, -0.1) is 0 Å². The number of rotatable bonds is 5. The number of aryl methyl sites for hydroxylation is 1. The average Bonchev–Trinajstić information content (AvgIpc) is 2.55. The van der Waals surface area contributed by atoms with E-state index in [0.717, 1.165) is 28.6 Å². The fourth-order valence-corrected chi connectivity index (χ4v) is 5.68. The van der Waals surface area contributed by atoms with Crippen LogP contribution in [0.4, 0.5) is 4.79 Å². The van der Waals surface area contributed by atoms with Crippen molar-refractivity contribution in [3.8, 4) is 5.75 Å². The van der Waals surface area contributed by atoms with Crippen LogP contribution in [0.15, 0.2) is 16.6 Å². The van der Waals surface area contributed by atoms with Crippen LogP contribution >= 0.6 is 27.5 Å². The number of carbonyl (C=O) groups excluding carboxylic acids is 1. The fraction of sp³-hybridized carbons (Fsp3) is 0.696. The van der Waals surface area contributed by atoms with Gasteiger partial charge in [0.05, 0.1) is 11.0 Å². The molecular formula is C23H37BrClNO4Si. The highest BCUT2D eigenvalue weighted by molar-refractivity contribution is 9.10. The van der Waals surface area contributed by atoms with E-state index in [4.69, 9.17) is 21.1 Å². The molecule has 8 heteroatoms. The monoisotopic (exact) mass is 533 g/mol. The second-order valence-electron chi connectivity index (χ2n) is 10.9. The van der Waals surface area contributed by atoms with Crippen molar-refractivity contribution in [2.24, 2.45) is 5.92 Å². The van der Waals surface area contributed by atoms with E-state index in [1.54, 1.807) is 4.90 Å².